The van der Waals surface area contributed by atoms with Crippen molar-refractivity contribution in [1.82, 2.24) is 0 Å². The van der Waals surface area contributed by atoms with E-state index in [1.165, 1.54) is 0 Å². The SMILES string of the molecule is CC1COCCN1c1cc(B2OC(C)(C)C(C)(C)O2)cc(C2(O)CCCOC2)c1. The number of rotatable bonds is 3. The number of ether oxygens (including phenoxy) is 2. The van der Waals surface area contributed by atoms with Gasteiger partial charge in [0.2, 0.25) is 0 Å². The van der Waals surface area contributed by atoms with Gasteiger partial charge in [-0.15, -0.1) is 0 Å². The molecule has 0 amide bonds. The molecule has 4 rings (SSSR count). The number of nitrogens with zero attached hydrogens (tertiary/aromatic N) is 1. The van der Waals surface area contributed by atoms with E-state index in [1.807, 2.05) is 6.07 Å². The molecule has 0 aromatic heterocycles. The van der Waals surface area contributed by atoms with E-state index in [2.05, 4.69) is 51.7 Å². The second-order valence-corrected chi connectivity index (χ2v) is 9.71. The Labute approximate surface area is 174 Å². The highest BCUT2D eigenvalue weighted by molar-refractivity contribution is 6.62. The maximum Gasteiger partial charge on any atom is 0.494 e. The van der Waals surface area contributed by atoms with Crippen LogP contribution in [0.15, 0.2) is 18.2 Å². The molecule has 0 radical (unpaired) electrons. The van der Waals surface area contributed by atoms with Crippen LogP contribution in [0.25, 0.3) is 0 Å². The summed E-state index contributed by atoms with van der Waals surface area (Å²) in [6, 6.07) is 6.54. The van der Waals surface area contributed by atoms with Gasteiger partial charge >= 0.3 is 7.12 Å². The first-order chi connectivity index (χ1) is 13.6. The number of hydrogen-bond acceptors (Lipinski definition) is 6. The molecule has 0 bridgehead atoms. The fourth-order valence-corrected chi connectivity index (χ4v) is 4.30. The average molecular weight is 403 g/mol. The second-order valence-electron chi connectivity index (χ2n) is 9.71. The summed E-state index contributed by atoms with van der Waals surface area (Å²) in [5, 5.41) is 11.4. The lowest BCUT2D eigenvalue weighted by Crippen LogP contribution is -2.45. The van der Waals surface area contributed by atoms with Gasteiger partial charge in [-0.1, -0.05) is 6.07 Å². The average Bonchev–Trinajstić information content (AvgIpc) is 2.90. The van der Waals surface area contributed by atoms with Crippen LogP contribution in [0.5, 0.6) is 0 Å². The van der Waals surface area contributed by atoms with Crippen LogP contribution < -0.4 is 10.4 Å². The Morgan fingerprint density at radius 1 is 1.03 bits per heavy atom. The summed E-state index contributed by atoms with van der Waals surface area (Å²) in [4.78, 5) is 2.34. The lowest BCUT2D eigenvalue weighted by Gasteiger charge is -2.38. The van der Waals surface area contributed by atoms with E-state index in [1.54, 1.807) is 0 Å². The van der Waals surface area contributed by atoms with Gasteiger partial charge in [0.25, 0.3) is 0 Å². The molecule has 160 valence electrons. The third-order valence-corrected chi connectivity index (χ3v) is 6.92. The standard InChI is InChI=1S/C22H34BNO5/c1-16-14-26-10-8-24(16)19-12-17(22(25)7-6-9-27-15-22)11-18(13-19)23-28-20(2,3)21(4,5)29-23/h11-13,16,25H,6-10,14-15H2,1-5H3. The molecule has 1 N–H and O–H groups in total. The highest BCUT2D eigenvalue weighted by Gasteiger charge is 2.52. The van der Waals surface area contributed by atoms with Crippen molar-refractivity contribution < 1.29 is 23.9 Å². The molecule has 3 saturated heterocycles. The highest BCUT2D eigenvalue weighted by Crippen LogP contribution is 2.38. The number of morpholine rings is 1. The first kappa shape index (κ1) is 21.1. The molecule has 0 saturated carbocycles. The van der Waals surface area contributed by atoms with Crippen molar-refractivity contribution in [3.8, 4) is 0 Å². The zero-order chi connectivity index (χ0) is 20.9. The fraction of sp³-hybridized carbons (Fsp3) is 0.727. The van der Waals surface area contributed by atoms with Crippen molar-refractivity contribution in [2.45, 2.75) is 70.3 Å². The number of anilines is 1. The molecule has 0 spiro atoms. The van der Waals surface area contributed by atoms with E-state index in [4.69, 9.17) is 18.8 Å². The minimum atomic E-state index is -0.984. The molecular formula is C22H34BNO5. The second kappa shape index (κ2) is 7.54. The Morgan fingerprint density at radius 2 is 1.76 bits per heavy atom. The topological polar surface area (TPSA) is 60.4 Å². The summed E-state index contributed by atoms with van der Waals surface area (Å²) in [5.74, 6) is 0. The van der Waals surface area contributed by atoms with E-state index in [-0.39, 0.29) is 6.04 Å². The number of benzene rings is 1. The molecule has 2 unspecified atom stereocenters. The van der Waals surface area contributed by atoms with Gasteiger partial charge < -0.3 is 28.8 Å². The number of aliphatic hydroxyl groups is 1. The Bertz CT molecular complexity index is 731. The Morgan fingerprint density at radius 3 is 2.38 bits per heavy atom. The summed E-state index contributed by atoms with van der Waals surface area (Å²) in [5.41, 5.74) is 1.08. The van der Waals surface area contributed by atoms with Crippen molar-refractivity contribution in [3.63, 3.8) is 0 Å². The van der Waals surface area contributed by atoms with Crippen LogP contribution in [0.2, 0.25) is 0 Å². The summed E-state index contributed by atoms with van der Waals surface area (Å²) in [6.07, 6.45) is 1.54. The molecule has 29 heavy (non-hydrogen) atoms. The minimum Gasteiger partial charge on any atom is -0.399 e. The van der Waals surface area contributed by atoms with Gasteiger partial charge in [-0.25, -0.2) is 0 Å². The fourth-order valence-electron chi connectivity index (χ4n) is 4.30. The third-order valence-electron chi connectivity index (χ3n) is 6.92. The van der Waals surface area contributed by atoms with E-state index < -0.39 is 23.9 Å². The molecule has 7 heteroatoms. The van der Waals surface area contributed by atoms with Crippen LogP contribution in [0.3, 0.4) is 0 Å². The van der Waals surface area contributed by atoms with E-state index in [9.17, 15) is 5.11 Å². The molecule has 3 heterocycles. The van der Waals surface area contributed by atoms with Crippen molar-refractivity contribution in [1.29, 1.82) is 0 Å². The van der Waals surface area contributed by atoms with Crippen LogP contribution in [0, 0.1) is 0 Å². The highest BCUT2D eigenvalue weighted by atomic mass is 16.7. The maximum atomic E-state index is 11.4. The van der Waals surface area contributed by atoms with Crippen LogP contribution in [-0.2, 0) is 24.4 Å². The normalized spacial score (nSPS) is 31.9. The van der Waals surface area contributed by atoms with Crippen LogP contribution in [0.1, 0.15) is 53.0 Å². The molecule has 1 aromatic carbocycles. The summed E-state index contributed by atoms with van der Waals surface area (Å²) >= 11 is 0. The largest absolute Gasteiger partial charge is 0.494 e. The van der Waals surface area contributed by atoms with Gasteiger partial charge in [0.15, 0.2) is 0 Å². The minimum absolute atomic E-state index is 0.266. The van der Waals surface area contributed by atoms with Gasteiger partial charge in [-0.3, -0.25) is 0 Å². The monoisotopic (exact) mass is 403 g/mol. The first-order valence-electron chi connectivity index (χ1n) is 10.8. The number of hydrogen-bond donors (Lipinski definition) is 1. The molecule has 0 aliphatic carbocycles. The summed E-state index contributed by atoms with van der Waals surface area (Å²) < 4.78 is 23.9. The van der Waals surface area contributed by atoms with Crippen molar-refractivity contribution in [3.05, 3.63) is 23.8 Å². The predicted octanol–water partition coefficient (Wildman–Crippen LogP) is 2.21. The van der Waals surface area contributed by atoms with Gasteiger partial charge in [0.05, 0.1) is 31.0 Å². The van der Waals surface area contributed by atoms with Gasteiger partial charge in [-0.2, -0.15) is 0 Å². The smallest absolute Gasteiger partial charge is 0.399 e. The van der Waals surface area contributed by atoms with Crippen molar-refractivity contribution in [2.24, 2.45) is 0 Å². The van der Waals surface area contributed by atoms with Gasteiger partial charge in [0.1, 0.15) is 5.60 Å². The molecule has 6 nitrogen and oxygen atoms in total. The molecule has 3 aliphatic rings. The first-order valence-corrected chi connectivity index (χ1v) is 10.8. The molecule has 1 aromatic rings. The molecule has 3 aliphatic heterocycles. The van der Waals surface area contributed by atoms with E-state index in [0.717, 1.165) is 29.7 Å². The zero-order valence-electron chi connectivity index (χ0n) is 18.4. The van der Waals surface area contributed by atoms with Crippen LogP contribution in [0.4, 0.5) is 5.69 Å². The molecule has 3 fully saturated rings. The van der Waals surface area contributed by atoms with Crippen molar-refractivity contribution >= 4 is 18.3 Å². The lowest BCUT2D eigenvalue weighted by molar-refractivity contribution is -0.0902. The van der Waals surface area contributed by atoms with Crippen LogP contribution >= 0.6 is 0 Å². The Hall–Kier alpha value is -1.12. The third kappa shape index (κ3) is 3.95. The Kier molecular flexibility index (Phi) is 5.49. The predicted molar refractivity (Wildman–Crippen MR) is 114 cm³/mol. The van der Waals surface area contributed by atoms with E-state index >= 15 is 0 Å². The summed E-state index contributed by atoms with van der Waals surface area (Å²) in [6.45, 7) is 13.6. The van der Waals surface area contributed by atoms with E-state index in [0.29, 0.717) is 32.8 Å². The maximum absolute atomic E-state index is 11.4. The summed E-state index contributed by atoms with van der Waals surface area (Å²) in [7, 11) is -0.469. The Balaban J connectivity index is 1.74. The van der Waals surface area contributed by atoms with Gasteiger partial charge in [0, 0.05) is 24.9 Å². The van der Waals surface area contributed by atoms with Crippen LogP contribution in [-0.4, -0.2) is 62.4 Å². The zero-order valence-corrected chi connectivity index (χ0v) is 18.4. The lowest BCUT2D eigenvalue weighted by atomic mass is 9.75. The quantitative estimate of drug-likeness (QED) is 0.782. The molecular weight excluding hydrogens is 369 g/mol. The molecule has 2 atom stereocenters. The van der Waals surface area contributed by atoms with Gasteiger partial charge in [-0.05, 0) is 70.6 Å². The van der Waals surface area contributed by atoms with Crippen molar-refractivity contribution in [2.75, 3.05) is 37.9 Å².